The van der Waals surface area contributed by atoms with Crippen LogP contribution in [0.1, 0.15) is 47.0 Å². The van der Waals surface area contributed by atoms with Gasteiger partial charge < -0.3 is 14.9 Å². The van der Waals surface area contributed by atoms with Gasteiger partial charge in [0.2, 0.25) is 11.7 Å². The number of aromatic hydroxyl groups is 1. The Bertz CT molecular complexity index is 1410. The van der Waals surface area contributed by atoms with Crippen LogP contribution in [0, 0.1) is 5.92 Å². The molecule has 1 aliphatic rings. The molecule has 0 saturated carbocycles. The molecule has 1 aliphatic heterocycles. The second-order valence-electron chi connectivity index (χ2n) is 9.58. The molecule has 2 aromatic carbocycles. The minimum Gasteiger partial charge on any atom is -0.507 e. The summed E-state index contributed by atoms with van der Waals surface area (Å²) in [6.45, 7) is 2.99. The summed E-state index contributed by atoms with van der Waals surface area (Å²) in [5.74, 6) is 0.765. The number of nitrogens with one attached hydrogen (secondary N) is 1. The summed E-state index contributed by atoms with van der Waals surface area (Å²) in [5, 5.41) is 18.2. The number of carbonyl (C=O) groups is 1. The first kappa shape index (κ1) is 27.1. The number of hydrogen-bond acceptors (Lipinski definition) is 8. The van der Waals surface area contributed by atoms with Crippen LogP contribution in [-0.2, 0) is 6.54 Å². The second-order valence-corrected chi connectivity index (χ2v) is 10.4. The van der Waals surface area contributed by atoms with E-state index in [1.54, 1.807) is 36.8 Å². The fraction of sp³-hybridized carbons (Fsp3) is 0.321. The van der Waals surface area contributed by atoms with Crippen LogP contribution in [0.2, 0.25) is 10.0 Å². The Labute approximate surface area is 236 Å². The van der Waals surface area contributed by atoms with Gasteiger partial charge >= 0.3 is 0 Å². The van der Waals surface area contributed by atoms with Gasteiger partial charge in [0.05, 0.1) is 21.8 Å². The Morgan fingerprint density at radius 1 is 1.13 bits per heavy atom. The van der Waals surface area contributed by atoms with Crippen LogP contribution < -0.4 is 5.32 Å². The lowest BCUT2D eigenvalue weighted by atomic mass is 9.82. The molecule has 0 spiro atoms. The molecule has 1 unspecified atom stereocenters. The Morgan fingerprint density at radius 2 is 1.95 bits per heavy atom. The summed E-state index contributed by atoms with van der Waals surface area (Å²) in [6, 6.07) is 12.2. The van der Waals surface area contributed by atoms with Crippen LogP contribution in [-0.4, -0.2) is 55.7 Å². The molecule has 2 aromatic heterocycles. The number of carbonyl (C=O) groups excluding carboxylic acids is 1. The lowest BCUT2D eigenvalue weighted by Crippen LogP contribution is -2.36. The maximum atomic E-state index is 12.6. The van der Waals surface area contributed by atoms with E-state index >= 15 is 0 Å². The molecule has 0 bridgehead atoms. The molecule has 202 valence electrons. The number of aromatic nitrogens is 4. The second kappa shape index (κ2) is 12.5. The van der Waals surface area contributed by atoms with E-state index in [2.05, 4.69) is 30.3 Å². The highest BCUT2D eigenvalue weighted by molar-refractivity contribution is 6.42. The van der Waals surface area contributed by atoms with Crippen molar-refractivity contribution < 1.29 is 14.4 Å². The number of likely N-dealkylation sites (tertiary alicyclic amines) is 1. The zero-order chi connectivity index (χ0) is 27.2. The average Bonchev–Trinajstić information content (AvgIpc) is 3.44. The first-order chi connectivity index (χ1) is 19.0. The summed E-state index contributed by atoms with van der Waals surface area (Å²) in [5.41, 5.74) is 1.90. The number of rotatable bonds is 9. The molecular weight excluding hydrogens is 539 g/mol. The molecule has 1 fully saturated rings. The molecular formula is C28H28Cl2N6O3. The summed E-state index contributed by atoms with van der Waals surface area (Å²) >= 11 is 12.3. The van der Waals surface area contributed by atoms with Crippen molar-refractivity contribution in [2.75, 3.05) is 19.6 Å². The minimum absolute atomic E-state index is 0.0496. The fourth-order valence-electron chi connectivity index (χ4n) is 4.98. The topological polar surface area (TPSA) is 117 Å². The molecule has 9 nitrogen and oxygen atoms in total. The predicted molar refractivity (Wildman–Crippen MR) is 148 cm³/mol. The maximum Gasteiger partial charge on any atom is 0.255 e. The average molecular weight is 567 g/mol. The first-order valence-electron chi connectivity index (χ1n) is 12.8. The van der Waals surface area contributed by atoms with E-state index in [0.29, 0.717) is 40.4 Å². The lowest BCUT2D eigenvalue weighted by molar-refractivity contribution is 0.0945. The third-order valence-electron chi connectivity index (χ3n) is 7.03. The van der Waals surface area contributed by atoms with E-state index in [-0.39, 0.29) is 29.1 Å². The van der Waals surface area contributed by atoms with Gasteiger partial charge in [0.25, 0.3) is 5.91 Å². The molecule has 1 atom stereocenters. The molecule has 4 aromatic rings. The number of phenolic OH excluding ortho intramolecular Hbond substituents is 1. The van der Waals surface area contributed by atoms with Crippen LogP contribution in [0.25, 0.3) is 11.5 Å². The number of benzene rings is 2. The number of nitrogens with zero attached hydrogens (tertiary/aromatic N) is 5. The van der Waals surface area contributed by atoms with E-state index in [9.17, 15) is 9.90 Å². The van der Waals surface area contributed by atoms with Crippen molar-refractivity contribution >= 4 is 29.1 Å². The van der Waals surface area contributed by atoms with Crippen molar-refractivity contribution in [2.45, 2.75) is 31.7 Å². The summed E-state index contributed by atoms with van der Waals surface area (Å²) in [7, 11) is 0. The number of hydrogen-bond donors (Lipinski definition) is 2. The van der Waals surface area contributed by atoms with E-state index < -0.39 is 0 Å². The van der Waals surface area contributed by atoms with Gasteiger partial charge in [-0.25, -0.2) is 4.98 Å². The standard InChI is InChI=1S/C28H28Cl2N6O3/c29-22-6-5-18(15-23(22)30)17-36-13-8-19(9-14-36)20(7-10-33-27(38)21-3-1-2-4-25(21)37)28-34-26(35-39-28)24-16-31-11-12-32-24/h1-6,11-12,15-16,19-20,37H,7-10,13-14,17H2,(H,33,38). The zero-order valence-electron chi connectivity index (χ0n) is 21.1. The van der Waals surface area contributed by atoms with Gasteiger partial charge in [-0.05, 0) is 68.1 Å². The number of amides is 1. The molecule has 1 amide bonds. The summed E-state index contributed by atoms with van der Waals surface area (Å²) < 4.78 is 5.72. The van der Waals surface area contributed by atoms with Crippen LogP contribution in [0.4, 0.5) is 0 Å². The molecule has 3 heterocycles. The quantitative estimate of drug-likeness (QED) is 0.278. The maximum absolute atomic E-state index is 12.6. The van der Waals surface area contributed by atoms with Gasteiger partial charge in [-0.3, -0.25) is 14.7 Å². The van der Waals surface area contributed by atoms with Crippen LogP contribution >= 0.6 is 23.2 Å². The Balaban J connectivity index is 1.26. The molecule has 1 saturated heterocycles. The highest BCUT2D eigenvalue weighted by atomic mass is 35.5. The molecule has 39 heavy (non-hydrogen) atoms. The lowest BCUT2D eigenvalue weighted by Gasteiger charge is -2.35. The van der Waals surface area contributed by atoms with E-state index in [1.165, 1.54) is 6.07 Å². The van der Waals surface area contributed by atoms with Crippen molar-refractivity contribution in [3.63, 3.8) is 0 Å². The number of piperidine rings is 1. The zero-order valence-corrected chi connectivity index (χ0v) is 22.6. The van der Waals surface area contributed by atoms with Crippen LogP contribution in [0.15, 0.2) is 65.6 Å². The third kappa shape index (κ3) is 6.73. The Hall–Kier alpha value is -3.53. The van der Waals surface area contributed by atoms with Crippen molar-refractivity contribution in [2.24, 2.45) is 5.92 Å². The van der Waals surface area contributed by atoms with E-state index in [4.69, 9.17) is 27.7 Å². The molecule has 0 aliphatic carbocycles. The molecule has 5 rings (SSSR count). The van der Waals surface area contributed by atoms with Gasteiger partial charge in [-0.15, -0.1) is 0 Å². The normalized spacial score (nSPS) is 15.2. The van der Waals surface area contributed by atoms with E-state index in [0.717, 1.165) is 38.0 Å². The number of halogens is 2. The smallest absolute Gasteiger partial charge is 0.255 e. The van der Waals surface area contributed by atoms with Crippen molar-refractivity contribution in [1.29, 1.82) is 0 Å². The molecule has 0 radical (unpaired) electrons. The predicted octanol–water partition coefficient (Wildman–Crippen LogP) is 5.35. The van der Waals surface area contributed by atoms with E-state index in [1.807, 2.05) is 18.2 Å². The van der Waals surface area contributed by atoms with Gasteiger partial charge in [-0.1, -0.05) is 46.6 Å². The summed E-state index contributed by atoms with van der Waals surface area (Å²) in [6.07, 6.45) is 7.24. The van der Waals surface area contributed by atoms with Gasteiger partial charge in [0.15, 0.2) is 0 Å². The minimum atomic E-state index is -0.325. The van der Waals surface area contributed by atoms with Gasteiger partial charge in [0.1, 0.15) is 11.4 Å². The monoisotopic (exact) mass is 566 g/mol. The van der Waals surface area contributed by atoms with Crippen molar-refractivity contribution in [3.05, 3.63) is 88.1 Å². The molecule has 11 heteroatoms. The summed E-state index contributed by atoms with van der Waals surface area (Å²) in [4.78, 5) is 28.1. The Kier molecular flexibility index (Phi) is 8.71. The fourth-order valence-corrected chi connectivity index (χ4v) is 5.30. The highest BCUT2D eigenvalue weighted by Gasteiger charge is 2.32. The largest absolute Gasteiger partial charge is 0.507 e. The SMILES string of the molecule is O=C(NCCC(c1nc(-c2cnccn2)no1)C1CCN(Cc2ccc(Cl)c(Cl)c2)CC1)c1ccccc1O. The number of para-hydroxylation sites is 1. The number of phenols is 1. The van der Waals surface area contributed by atoms with Gasteiger partial charge in [-0.2, -0.15) is 4.98 Å². The van der Waals surface area contributed by atoms with Gasteiger partial charge in [0, 0.05) is 31.4 Å². The van der Waals surface area contributed by atoms with Crippen molar-refractivity contribution in [1.82, 2.24) is 30.3 Å². The third-order valence-corrected chi connectivity index (χ3v) is 7.77. The van der Waals surface area contributed by atoms with Crippen LogP contribution in [0.5, 0.6) is 5.75 Å². The van der Waals surface area contributed by atoms with Crippen LogP contribution in [0.3, 0.4) is 0 Å². The highest BCUT2D eigenvalue weighted by Crippen LogP contribution is 2.36. The molecule has 2 N–H and O–H groups in total. The first-order valence-corrected chi connectivity index (χ1v) is 13.6. The van der Waals surface area contributed by atoms with Crippen molar-refractivity contribution in [3.8, 4) is 17.3 Å². The Morgan fingerprint density at radius 3 is 2.69 bits per heavy atom.